The van der Waals surface area contributed by atoms with Crippen LogP contribution in [0.2, 0.25) is 0 Å². The summed E-state index contributed by atoms with van der Waals surface area (Å²) in [6.07, 6.45) is 0. The Labute approximate surface area is 109 Å². The lowest BCUT2D eigenvalue weighted by atomic mass is 10.1. The zero-order valence-electron chi connectivity index (χ0n) is 9.36. The average molecular weight is 289 g/mol. The third-order valence-corrected chi connectivity index (χ3v) is 3.46. The van der Waals surface area contributed by atoms with E-state index < -0.39 is 0 Å². The van der Waals surface area contributed by atoms with E-state index in [1.165, 1.54) is 17.1 Å². The number of halogens is 1. The number of nitrogens with zero attached hydrogens (tertiary/aromatic N) is 1. The van der Waals surface area contributed by atoms with E-state index >= 15 is 0 Å². The molecule has 0 aliphatic carbocycles. The van der Waals surface area contributed by atoms with Gasteiger partial charge in [0.15, 0.2) is 0 Å². The van der Waals surface area contributed by atoms with Gasteiger partial charge in [0, 0.05) is 23.2 Å². The second-order valence-corrected chi connectivity index (χ2v) is 4.99. The fraction of sp³-hybridized carbons (Fsp3) is 0.143. The minimum absolute atomic E-state index is 0.976. The summed E-state index contributed by atoms with van der Waals surface area (Å²) < 4.78 is 1.12. The summed E-state index contributed by atoms with van der Waals surface area (Å²) in [5.41, 5.74) is 3.68. The molecule has 0 spiro atoms. The molecule has 0 bridgehead atoms. The molecule has 3 rings (SSSR count). The minimum atomic E-state index is 0.976. The number of anilines is 3. The summed E-state index contributed by atoms with van der Waals surface area (Å²) in [5.74, 6) is 0. The Kier molecular flexibility index (Phi) is 2.77. The Bertz CT molecular complexity index is 539. The van der Waals surface area contributed by atoms with Crippen LogP contribution in [0.1, 0.15) is 0 Å². The van der Waals surface area contributed by atoms with Crippen molar-refractivity contribution in [1.29, 1.82) is 0 Å². The molecule has 1 aliphatic rings. The molecule has 0 fully saturated rings. The van der Waals surface area contributed by atoms with E-state index in [4.69, 9.17) is 0 Å². The first kappa shape index (κ1) is 10.7. The largest absolute Gasteiger partial charge is 0.382 e. The molecule has 1 N–H and O–H groups in total. The third kappa shape index (κ3) is 2.03. The van der Waals surface area contributed by atoms with Gasteiger partial charge in [0.25, 0.3) is 0 Å². The molecule has 2 aromatic rings. The molecule has 0 saturated heterocycles. The molecule has 2 nitrogen and oxygen atoms in total. The van der Waals surface area contributed by atoms with Gasteiger partial charge in [-0.2, -0.15) is 0 Å². The highest BCUT2D eigenvalue weighted by Crippen LogP contribution is 2.34. The van der Waals surface area contributed by atoms with Crippen LogP contribution in [0.4, 0.5) is 17.1 Å². The monoisotopic (exact) mass is 288 g/mol. The van der Waals surface area contributed by atoms with Gasteiger partial charge >= 0.3 is 0 Å². The molecular formula is C14H13BrN2. The van der Waals surface area contributed by atoms with Crippen molar-refractivity contribution in [2.75, 3.05) is 23.3 Å². The van der Waals surface area contributed by atoms with Crippen molar-refractivity contribution in [2.45, 2.75) is 0 Å². The summed E-state index contributed by atoms with van der Waals surface area (Å²) in [5, 5.41) is 3.42. The number of rotatable bonds is 1. The summed E-state index contributed by atoms with van der Waals surface area (Å²) >= 11 is 3.53. The molecule has 0 radical (unpaired) electrons. The van der Waals surface area contributed by atoms with E-state index in [1.807, 2.05) is 0 Å². The van der Waals surface area contributed by atoms with Crippen LogP contribution < -0.4 is 10.2 Å². The molecule has 0 saturated carbocycles. The average Bonchev–Trinajstić information content (AvgIpc) is 2.38. The fourth-order valence-corrected chi connectivity index (χ4v) is 2.58. The standard InChI is InChI=1S/C14H13BrN2/c15-11-4-3-5-12(10-11)17-9-8-16-13-6-1-2-7-14(13)17/h1-7,10,16H,8-9H2. The number of hydrogen-bond acceptors (Lipinski definition) is 2. The molecule has 17 heavy (non-hydrogen) atoms. The Morgan fingerprint density at radius 2 is 1.94 bits per heavy atom. The van der Waals surface area contributed by atoms with Crippen LogP contribution >= 0.6 is 15.9 Å². The highest BCUT2D eigenvalue weighted by molar-refractivity contribution is 9.10. The fourth-order valence-electron chi connectivity index (χ4n) is 2.19. The first-order chi connectivity index (χ1) is 8.34. The number of para-hydroxylation sites is 2. The topological polar surface area (TPSA) is 15.3 Å². The highest BCUT2D eigenvalue weighted by Gasteiger charge is 2.16. The molecule has 0 aromatic heterocycles. The summed E-state index contributed by atoms with van der Waals surface area (Å²) in [6.45, 7) is 1.97. The molecule has 1 aliphatic heterocycles. The Morgan fingerprint density at radius 3 is 2.82 bits per heavy atom. The zero-order valence-corrected chi connectivity index (χ0v) is 10.9. The molecule has 0 atom stereocenters. The van der Waals surface area contributed by atoms with Crippen molar-refractivity contribution in [3.05, 3.63) is 53.0 Å². The summed E-state index contributed by atoms with van der Waals surface area (Å²) in [7, 11) is 0. The van der Waals surface area contributed by atoms with Crippen LogP contribution in [-0.4, -0.2) is 13.1 Å². The number of hydrogen-bond donors (Lipinski definition) is 1. The van der Waals surface area contributed by atoms with Crippen molar-refractivity contribution < 1.29 is 0 Å². The van der Waals surface area contributed by atoms with Gasteiger partial charge in [-0.05, 0) is 30.3 Å². The SMILES string of the molecule is Brc1cccc(N2CCNc3ccccc32)c1. The normalized spacial score (nSPS) is 14.1. The van der Waals surface area contributed by atoms with E-state index in [2.05, 4.69) is 74.7 Å². The van der Waals surface area contributed by atoms with E-state index in [1.54, 1.807) is 0 Å². The lowest BCUT2D eigenvalue weighted by Gasteiger charge is -2.32. The van der Waals surface area contributed by atoms with Crippen LogP contribution in [-0.2, 0) is 0 Å². The Hall–Kier alpha value is -1.48. The molecule has 1 heterocycles. The predicted molar refractivity (Wildman–Crippen MR) is 76.1 cm³/mol. The maximum Gasteiger partial charge on any atom is 0.0647 e. The van der Waals surface area contributed by atoms with Crippen LogP contribution in [0.25, 0.3) is 0 Å². The molecule has 2 aromatic carbocycles. The van der Waals surface area contributed by atoms with Gasteiger partial charge in [0.2, 0.25) is 0 Å². The van der Waals surface area contributed by atoms with Crippen LogP contribution in [0, 0.1) is 0 Å². The smallest absolute Gasteiger partial charge is 0.0647 e. The van der Waals surface area contributed by atoms with Crippen molar-refractivity contribution in [3.8, 4) is 0 Å². The van der Waals surface area contributed by atoms with Gasteiger partial charge in [-0.25, -0.2) is 0 Å². The van der Waals surface area contributed by atoms with Gasteiger partial charge < -0.3 is 10.2 Å². The van der Waals surface area contributed by atoms with E-state index in [0.717, 1.165) is 17.6 Å². The third-order valence-electron chi connectivity index (χ3n) is 2.97. The van der Waals surface area contributed by atoms with Gasteiger partial charge in [-0.1, -0.05) is 34.1 Å². The van der Waals surface area contributed by atoms with Crippen molar-refractivity contribution in [1.82, 2.24) is 0 Å². The van der Waals surface area contributed by atoms with Gasteiger partial charge in [0.05, 0.1) is 11.4 Å². The number of nitrogens with one attached hydrogen (secondary N) is 1. The van der Waals surface area contributed by atoms with Crippen molar-refractivity contribution in [3.63, 3.8) is 0 Å². The van der Waals surface area contributed by atoms with Crippen molar-refractivity contribution >= 4 is 33.0 Å². The number of fused-ring (bicyclic) bond motifs is 1. The minimum Gasteiger partial charge on any atom is -0.382 e. The lowest BCUT2D eigenvalue weighted by molar-refractivity contribution is 0.926. The van der Waals surface area contributed by atoms with Gasteiger partial charge in [0.1, 0.15) is 0 Å². The highest BCUT2D eigenvalue weighted by atomic mass is 79.9. The predicted octanol–water partition coefficient (Wildman–Crippen LogP) is 4.01. The van der Waals surface area contributed by atoms with Crippen LogP contribution in [0.15, 0.2) is 53.0 Å². The van der Waals surface area contributed by atoms with Gasteiger partial charge in [-0.3, -0.25) is 0 Å². The summed E-state index contributed by atoms with van der Waals surface area (Å²) in [4.78, 5) is 2.34. The first-order valence-corrected chi connectivity index (χ1v) is 6.50. The molecule has 3 heteroatoms. The molecule has 0 unspecified atom stereocenters. The second kappa shape index (κ2) is 4.41. The molecule has 0 amide bonds. The van der Waals surface area contributed by atoms with Crippen molar-refractivity contribution in [2.24, 2.45) is 0 Å². The number of benzene rings is 2. The van der Waals surface area contributed by atoms with Gasteiger partial charge in [-0.15, -0.1) is 0 Å². The summed E-state index contributed by atoms with van der Waals surface area (Å²) in [6, 6.07) is 16.9. The first-order valence-electron chi connectivity index (χ1n) is 5.70. The maximum atomic E-state index is 3.53. The Morgan fingerprint density at radius 1 is 1.06 bits per heavy atom. The van der Waals surface area contributed by atoms with E-state index in [9.17, 15) is 0 Å². The van der Waals surface area contributed by atoms with E-state index in [-0.39, 0.29) is 0 Å². The molecular weight excluding hydrogens is 276 g/mol. The van der Waals surface area contributed by atoms with Crippen LogP contribution in [0.3, 0.4) is 0 Å². The Balaban J connectivity index is 2.06. The zero-order chi connectivity index (χ0) is 11.7. The quantitative estimate of drug-likeness (QED) is 0.853. The van der Waals surface area contributed by atoms with E-state index in [0.29, 0.717) is 0 Å². The van der Waals surface area contributed by atoms with Crippen LogP contribution in [0.5, 0.6) is 0 Å². The second-order valence-electron chi connectivity index (χ2n) is 4.08. The molecule has 86 valence electrons. The lowest BCUT2D eigenvalue weighted by Crippen LogP contribution is -2.29. The maximum absolute atomic E-state index is 3.53.